The van der Waals surface area contributed by atoms with Crippen molar-refractivity contribution in [1.29, 1.82) is 0 Å². The lowest BCUT2D eigenvalue weighted by Crippen LogP contribution is -2.33. The van der Waals surface area contributed by atoms with Crippen molar-refractivity contribution in [1.82, 2.24) is 4.90 Å². The molecule has 0 spiro atoms. The fraction of sp³-hybridized carbons (Fsp3) is 0.467. The molecule has 0 aliphatic carbocycles. The van der Waals surface area contributed by atoms with Crippen LogP contribution in [0.5, 0.6) is 5.75 Å². The molecule has 1 aliphatic rings. The molecule has 1 heterocycles. The minimum Gasteiger partial charge on any atom is -0.497 e. The molecule has 1 fully saturated rings. The van der Waals surface area contributed by atoms with Crippen molar-refractivity contribution in [2.45, 2.75) is 19.3 Å². The summed E-state index contributed by atoms with van der Waals surface area (Å²) in [5.74, 6) is -0.863. The zero-order chi connectivity index (χ0) is 14.7. The summed E-state index contributed by atoms with van der Waals surface area (Å²) in [6.07, 6.45) is 0.534. The van der Waals surface area contributed by atoms with Crippen LogP contribution in [0.15, 0.2) is 24.3 Å². The number of benzene rings is 1. The van der Waals surface area contributed by atoms with Crippen LogP contribution in [0.25, 0.3) is 0 Å². The van der Waals surface area contributed by atoms with Crippen molar-refractivity contribution in [2.75, 3.05) is 20.2 Å². The molecule has 2 atom stereocenters. The smallest absolute Gasteiger partial charge is 0.308 e. The van der Waals surface area contributed by atoms with Gasteiger partial charge in [-0.3, -0.25) is 9.59 Å². The van der Waals surface area contributed by atoms with Crippen molar-refractivity contribution in [3.63, 3.8) is 0 Å². The molecule has 2 rings (SSSR count). The Balaban J connectivity index is 2.07. The van der Waals surface area contributed by atoms with Crippen LogP contribution >= 0.6 is 0 Å². The Hall–Kier alpha value is -2.04. The molecule has 5 heteroatoms. The van der Waals surface area contributed by atoms with E-state index in [1.807, 2.05) is 31.2 Å². The van der Waals surface area contributed by atoms with Crippen LogP contribution in [-0.4, -0.2) is 42.1 Å². The highest BCUT2D eigenvalue weighted by Gasteiger charge is 2.33. The maximum Gasteiger partial charge on any atom is 0.308 e. The average molecular weight is 277 g/mol. The van der Waals surface area contributed by atoms with E-state index in [2.05, 4.69) is 0 Å². The third-order valence-corrected chi connectivity index (χ3v) is 3.81. The van der Waals surface area contributed by atoms with Crippen LogP contribution in [0.1, 0.15) is 24.8 Å². The van der Waals surface area contributed by atoms with Gasteiger partial charge in [0.2, 0.25) is 5.91 Å². The first kappa shape index (κ1) is 14.4. The zero-order valence-electron chi connectivity index (χ0n) is 11.7. The highest BCUT2D eigenvalue weighted by molar-refractivity contribution is 5.84. The van der Waals surface area contributed by atoms with Gasteiger partial charge in [0, 0.05) is 13.1 Å². The van der Waals surface area contributed by atoms with Crippen LogP contribution in [0.3, 0.4) is 0 Å². The first-order chi connectivity index (χ1) is 9.52. The molecule has 108 valence electrons. The average Bonchev–Trinajstić information content (AvgIpc) is 2.95. The number of nitrogens with zero attached hydrogens (tertiary/aromatic N) is 1. The summed E-state index contributed by atoms with van der Waals surface area (Å²) in [5.41, 5.74) is 0.883. The van der Waals surface area contributed by atoms with E-state index in [0.717, 1.165) is 5.56 Å². The van der Waals surface area contributed by atoms with Gasteiger partial charge in [0.1, 0.15) is 5.75 Å². The van der Waals surface area contributed by atoms with Crippen LogP contribution < -0.4 is 4.74 Å². The van der Waals surface area contributed by atoms with Crippen molar-refractivity contribution >= 4 is 11.9 Å². The van der Waals surface area contributed by atoms with Crippen molar-refractivity contribution in [3.8, 4) is 5.75 Å². The number of methoxy groups -OCH3 is 1. The Kier molecular flexibility index (Phi) is 4.27. The van der Waals surface area contributed by atoms with E-state index >= 15 is 0 Å². The zero-order valence-corrected chi connectivity index (χ0v) is 11.7. The Bertz CT molecular complexity index is 514. The van der Waals surface area contributed by atoms with Crippen LogP contribution in [0.2, 0.25) is 0 Å². The summed E-state index contributed by atoms with van der Waals surface area (Å²) in [4.78, 5) is 25.0. The fourth-order valence-electron chi connectivity index (χ4n) is 2.49. The topological polar surface area (TPSA) is 66.8 Å². The molecular weight excluding hydrogens is 258 g/mol. The van der Waals surface area contributed by atoms with E-state index in [1.54, 1.807) is 12.0 Å². The molecule has 20 heavy (non-hydrogen) atoms. The van der Waals surface area contributed by atoms with Crippen molar-refractivity contribution in [3.05, 3.63) is 29.8 Å². The Labute approximate surface area is 118 Å². The number of carboxylic acids is 1. The fourth-order valence-corrected chi connectivity index (χ4v) is 2.49. The molecule has 1 aromatic carbocycles. The van der Waals surface area contributed by atoms with Crippen molar-refractivity contribution in [2.24, 2.45) is 5.92 Å². The van der Waals surface area contributed by atoms with Gasteiger partial charge in [-0.05, 0) is 31.0 Å². The molecule has 1 amide bonds. The number of ether oxygens (including phenoxy) is 1. The van der Waals surface area contributed by atoms with E-state index in [-0.39, 0.29) is 11.8 Å². The Morgan fingerprint density at radius 1 is 1.45 bits per heavy atom. The largest absolute Gasteiger partial charge is 0.497 e. The van der Waals surface area contributed by atoms with Gasteiger partial charge in [-0.1, -0.05) is 12.1 Å². The van der Waals surface area contributed by atoms with Gasteiger partial charge in [-0.2, -0.15) is 0 Å². The summed E-state index contributed by atoms with van der Waals surface area (Å²) in [6, 6.07) is 7.40. The van der Waals surface area contributed by atoms with E-state index in [4.69, 9.17) is 9.84 Å². The highest BCUT2D eigenvalue weighted by Crippen LogP contribution is 2.25. The number of aliphatic carboxylic acids is 1. The molecule has 1 aromatic rings. The lowest BCUT2D eigenvalue weighted by molar-refractivity contribution is -0.141. The second-order valence-corrected chi connectivity index (χ2v) is 5.11. The summed E-state index contributed by atoms with van der Waals surface area (Å²) in [5, 5.41) is 8.98. The minimum absolute atomic E-state index is 0.0259. The quantitative estimate of drug-likeness (QED) is 0.910. The lowest BCUT2D eigenvalue weighted by Gasteiger charge is -2.21. The predicted molar refractivity (Wildman–Crippen MR) is 73.7 cm³/mol. The van der Waals surface area contributed by atoms with Gasteiger partial charge >= 0.3 is 5.97 Å². The maximum atomic E-state index is 12.4. The van der Waals surface area contributed by atoms with Gasteiger partial charge < -0.3 is 14.7 Å². The third-order valence-electron chi connectivity index (χ3n) is 3.81. The molecule has 0 radical (unpaired) electrons. The van der Waals surface area contributed by atoms with Crippen molar-refractivity contribution < 1.29 is 19.4 Å². The van der Waals surface area contributed by atoms with Gasteiger partial charge in [-0.25, -0.2) is 0 Å². The summed E-state index contributed by atoms with van der Waals surface area (Å²) < 4.78 is 5.16. The monoisotopic (exact) mass is 277 g/mol. The number of carboxylic acid groups (broad SMARTS) is 1. The van der Waals surface area contributed by atoms with Gasteiger partial charge in [0.15, 0.2) is 0 Å². The number of hydrogen-bond acceptors (Lipinski definition) is 3. The number of hydrogen-bond donors (Lipinski definition) is 1. The van der Waals surface area contributed by atoms with E-state index in [1.165, 1.54) is 0 Å². The summed E-state index contributed by atoms with van der Waals surface area (Å²) in [6.45, 7) is 2.66. The van der Waals surface area contributed by atoms with Gasteiger partial charge in [0.05, 0.1) is 18.9 Å². The molecule has 1 N–H and O–H groups in total. The minimum atomic E-state index is -0.825. The van der Waals surface area contributed by atoms with Crippen LogP contribution in [0.4, 0.5) is 0 Å². The molecule has 5 nitrogen and oxygen atoms in total. The second-order valence-electron chi connectivity index (χ2n) is 5.11. The molecule has 1 saturated heterocycles. The first-order valence-corrected chi connectivity index (χ1v) is 6.68. The van der Waals surface area contributed by atoms with E-state index in [9.17, 15) is 9.59 Å². The maximum absolute atomic E-state index is 12.4. The Morgan fingerprint density at radius 3 is 2.80 bits per heavy atom. The highest BCUT2D eigenvalue weighted by atomic mass is 16.5. The molecule has 0 saturated carbocycles. The predicted octanol–water partition coefficient (Wildman–Crippen LogP) is 1.73. The number of rotatable bonds is 4. The number of carbonyl (C=O) groups excluding carboxylic acids is 1. The SMILES string of the molecule is COc1cccc([C@@H](C)C(=O)N2CC[C@@H](C(=O)O)C2)c1. The third kappa shape index (κ3) is 2.92. The normalized spacial score (nSPS) is 19.7. The van der Waals surface area contributed by atoms with E-state index < -0.39 is 11.9 Å². The molecular formula is C15H19NO4. The van der Waals surface area contributed by atoms with Crippen LogP contribution in [0, 0.1) is 5.92 Å². The molecule has 0 bridgehead atoms. The number of likely N-dealkylation sites (tertiary alicyclic amines) is 1. The number of carbonyl (C=O) groups is 2. The summed E-state index contributed by atoms with van der Waals surface area (Å²) >= 11 is 0. The van der Waals surface area contributed by atoms with E-state index in [0.29, 0.717) is 25.3 Å². The first-order valence-electron chi connectivity index (χ1n) is 6.68. The van der Waals surface area contributed by atoms with Crippen LogP contribution in [-0.2, 0) is 9.59 Å². The van der Waals surface area contributed by atoms with Gasteiger partial charge in [0.25, 0.3) is 0 Å². The summed E-state index contributed by atoms with van der Waals surface area (Å²) in [7, 11) is 1.59. The molecule has 1 aliphatic heterocycles. The lowest BCUT2D eigenvalue weighted by atomic mass is 9.99. The second kappa shape index (κ2) is 5.94. The van der Waals surface area contributed by atoms with Gasteiger partial charge in [-0.15, -0.1) is 0 Å². The Morgan fingerprint density at radius 2 is 2.20 bits per heavy atom. The molecule has 0 unspecified atom stereocenters. The molecule has 0 aromatic heterocycles. The number of amides is 1. The standard InChI is InChI=1S/C15H19NO4/c1-10(11-4-3-5-13(8-11)20-2)14(17)16-7-6-12(9-16)15(18)19/h3-5,8,10,12H,6-7,9H2,1-2H3,(H,18,19)/t10-,12-/m1/s1.